The molecule has 4 amide bonds. The summed E-state index contributed by atoms with van der Waals surface area (Å²) in [5, 5.41) is 2.23. The fraction of sp³-hybridized carbons (Fsp3) is 0.565. The first-order valence-electron chi connectivity index (χ1n) is 11.4. The van der Waals surface area contributed by atoms with E-state index in [-0.39, 0.29) is 36.4 Å². The third kappa shape index (κ3) is 5.03. The van der Waals surface area contributed by atoms with Crippen LogP contribution in [0.15, 0.2) is 23.1 Å². The van der Waals surface area contributed by atoms with Crippen molar-refractivity contribution in [1.82, 2.24) is 19.8 Å². The van der Waals surface area contributed by atoms with Gasteiger partial charge in [-0.25, -0.2) is 17.9 Å². The molecule has 3 aliphatic rings. The van der Waals surface area contributed by atoms with Crippen LogP contribution in [-0.2, 0) is 30.9 Å². The van der Waals surface area contributed by atoms with Crippen molar-refractivity contribution >= 4 is 33.8 Å². The first-order valence-corrected chi connectivity index (χ1v) is 12.9. The zero-order valence-electron chi connectivity index (χ0n) is 20.2. The van der Waals surface area contributed by atoms with E-state index >= 15 is 0 Å². The number of hydrogen-bond donors (Lipinski definition) is 2. The van der Waals surface area contributed by atoms with E-state index in [1.807, 2.05) is 6.92 Å². The molecule has 0 bridgehead atoms. The summed E-state index contributed by atoms with van der Waals surface area (Å²) in [6.07, 6.45) is -0.134. The van der Waals surface area contributed by atoms with Gasteiger partial charge in [0.25, 0.3) is 5.91 Å². The van der Waals surface area contributed by atoms with Crippen molar-refractivity contribution in [1.29, 1.82) is 0 Å². The third-order valence-corrected chi connectivity index (χ3v) is 7.80. The number of amides is 4. The molecule has 2 fully saturated rings. The van der Waals surface area contributed by atoms with Crippen molar-refractivity contribution in [3.63, 3.8) is 0 Å². The summed E-state index contributed by atoms with van der Waals surface area (Å²) in [7, 11) is -3.98. The van der Waals surface area contributed by atoms with Crippen LogP contribution in [0.1, 0.15) is 56.5 Å². The van der Waals surface area contributed by atoms with Crippen molar-refractivity contribution < 1.29 is 32.3 Å². The molecule has 1 aromatic carbocycles. The molecular weight excluding hydrogens is 476 g/mol. The first kappa shape index (κ1) is 25.1. The highest BCUT2D eigenvalue weighted by Gasteiger charge is 2.45. The second-order valence-electron chi connectivity index (χ2n) is 10.7. The number of piperidine rings is 1. The van der Waals surface area contributed by atoms with E-state index < -0.39 is 50.9 Å². The second kappa shape index (κ2) is 8.59. The number of carbonyl (C=O) groups excluding carboxylic acids is 4. The Kier molecular flexibility index (Phi) is 6.17. The van der Waals surface area contributed by atoms with Crippen LogP contribution in [0.25, 0.3) is 0 Å². The maximum atomic E-state index is 13.2. The Balaban J connectivity index is 1.44. The SMILES string of the molecule is CC1(CNS(=O)(=O)c2cccc3c2CN(C2CCC(=O)NC2=O)C3=O)CN(C(=O)OC(C)(C)C)C1. The summed E-state index contributed by atoms with van der Waals surface area (Å²) in [5.74, 6) is -1.39. The van der Waals surface area contributed by atoms with Gasteiger partial charge in [0.05, 0.1) is 4.90 Å². The minimum absolute atomic E-state index is 0.0231. The van der Waals surface area contributed by atoms with Crippen LogP contribution in [0.4, 0.5) is 4.79 Å². The van der Waals surface area contributed by atoms with Gasteiger partial charge in [0, 0.05) is 49.1 Å². The Morgan fingerprint density at radius 2 is 1.91 bits per heavy atom. The molecule has 35 heavy (non-hydrogen) atoms. The molecule has 0 spiro atoms. The van der Waals surface area contributed by atoms with Crippen LogP contribution >= 0.6 is 0 Å². The highest BCUT2D eigenvalue weighted by molar-refractivity contribution is 7.89. The van der Waals surface area contributed by atoms with E-state index in [9.17, 15) is 27.6 Å². The smallest absolute Gasteiger partial charge is 0.410 e. The third-order valence-electron chi connectivity index (χ3n) is 6.31. The summed E-state index contributed by atoms with van der Waals surface area (Å²) in [5.41, 5.74) is -0.527. The van der Waals surface area contributed by atoms with Gasteiger partial charge in [-0.1, -0.05) is 13.0 Å². The quantitative estimate of drug-likeness (QED) is 0.567. The number of likely N-dealkylation sites (tertiary alicyclic amines) is 1. The molecule has 2 N–H and O–H groups in total. The number of rotatable bonds is 5. The minimum Gasteiger partial charge on any atom is -0.444 e. The molecule has 4 rings (SSSR count). The molecule has 1 atom stereocenters. The van der Waals surface area contributed by atoms with Crippen LogP contribution in [0, 0.1) is 5.41 Å². The zero-order valence-corrected chi connectivity index (χ0v) is 21.0. The van der Waals surface area contributed by atoms with E-state index in [2.05, 4.69) is 10.0 Å². The monoisotopic (exact) mass is 506 g/mol. The molecule has 0 saturated carbocycles. The standard InChI is InChI=1S/C23H30N4O7S/c1-22(2,3)34-21(31)26-12-23(4,13-26)11-24-35(32,33)17-7-5-6-14-15(17)10-27(20(14)30)16-8-9-18(28)25-19(16)29/h5-7,16,24H,8-13H2,1-4H3,(H,25,28,29). The van der Waals surface area contributed by atoms with Crippen molar-refractivity contribution in [3.8, 4) is 0 Å². The van der Waals surface area contributed by atoms with E-state index in [0.29, 0.717) is 18.7 Å². The van der Waals surface area contributed by atoms with Gasteiger partial charge in [0.2, 0.25) is 21.8 Å². The molecule has 1 aromatic rings. The van der Waals surface area contributed by atoms with Crippen molar-refractivity contribution in [2.45, 2.75) is 63.6 Å². The number of sulfonamides is 1. The van der Waals surface area contributed by atoms with Gasteiger partial charge in [-0.15, -0.1) is 0 Å². The molecule has 190 valence electrons. The fourth-order valence-corrected chi connectivity index (χ4v) is 6.05. The summed E-state index contributed by atoms with van der Waals surface area (Å²) < 4.78 is 34.4. The normalized spacial score (nSPS) is 21.9. The lowest BCUT2D eigenvalue weighted by atomic mass is 9.82. The van der Waals surface area contributed by atoms with E-state index in [4.69, 9.17) is 4.74 Å². The lowest BCUT2D eigenvalue weighted by Crippen LogP contribution is -2.61. The molecule has 11 nitrogen and oxygen atoms in total. The highest BCUT2D eigenvalue weighted by Crippen LogP contribution is 2.34. The number of hydrogen-bond acceptors (Lipinski definition) is 7. The number of nitrogens with zero attached hydrogens (tertiary/aromatic N) is 2. The molecule has 3 aliphatic heterocycles. The Hall–Kier alpha value is -2.99. The lowest BCUT2D eigenvalue weighted by molar-refractivity contribution is -0.136. The van der Waals surface area contributed by atoms with Crippen LogP contribution in [-0.4, -0.2) is 73.3 Å². The average molecular weight is 507 g/mol. The average Bonchev–Trinajstić information content (AvgIpc) is 3.05. The fourth-order valence-electron chi connectivity index (χ4n) is 4.60. The van der Waals surface area contributed by atoms with Crippen LogP contribution in [0.2, 0.25) is 0 Å². The topological polar surface area (TPSA) is 142 Å². The number of fused-ring (bicyclic) bond motifs is 1. The molecule has 2 saturated heterocycles. The Labute approximate surface area is 204 Å². The highest BCUT2D eigenvalue weighted by atomic mass is 32.2. The molecule has 1 unspecified atom stereocenters. The maximum Gasteiger partial charge on any atom is 0.410 e. The predicted octanol–water partition coefficient (Wildman–Crippen LogP) is 0.983. The summed E-state index contributed by atoms with van der Waals surface area (Å²) in [4.78, 5) is 51.7. The van der Waals surface area contributed by atoms with E-state index in [0.717, 1.165) is 0 Å². The van der Waals surface area contributed by atoms with Gasteiger partial charge in [0.1, 0.15) is 11.6 Å². The van der Waals surface area contributed by atoms with E-state index in [1.165, 1.54) is 28.0 Å². The number of benzene rings is 1. The molecular formula is C23H30N4O7S. The Bertz CT molecular complexity index is 1200. The van der Waals surface area contributed by atoms with Gasteiger partial charge < -0.3 is 14.5 Å². The number of nitrogens with one attached hydrogen (secondary N) is 2. The van der Waals surface area contributed by atoms with Crippen molar-refractivity contribution in [3.05, 3.63) is 29.3 Å². The maximum absolute atomic E-state index is 13.2. The van der Waals surface area contributed by atoms with Gasteiger partial charge in [-0.3, -0.25) is 19.7 Å². The summed E-state index contributed by atoms with van der Waals surface area (Å²) >= 11 is 0. The van der Waals surface area contributed by atoms with Gasteiger partial charge in [-0.05, 0) is 39.3 Å². The van der Waals surface area contributed by atoms with Gasteiger partial charge in [0.15, 0.2) is 0 Å². The van der Waals surface area contributed by atoms with E-state index in [1.54, 1.807) is 20.8 Å². The molecule has 12 heteroatoms. The summed E-state index contributed by atoms with van der Waals surface area (Å²) in [6, 6.07) is 3.63. The number of imide groups is 1. The molecule has 0 aromatic heterocycles. The van der Waals surface area contributed by atoms with Crippen LogP contribution in [0.5, 0.6) is 0 Å². The largest absolute Gasteiger partial charge is 0.444 e. The van der Waals surface area contributed by atoms with Crippen molar-refractivity contribution in [2.24, 2.45) is 5.41 Å². The first-order chi connectivity index (χ1) is 16.2. The Morgan fingerprint density at radius 3 is 2.54 bits per heavy atom. The van der Waals surface area contributed by atoms with Gasteiger partial charge in [-0.2, -0.15) is 0 Å². The zero-order chi connectivity index (χ0) is 25.8. The Morgan fingerprint density at radius 1 is 1.23 bits per heavy atom. The van der Waals surface area contributed by atoms with Crippen molar-refractivity contribution in [2.75, 3.05) is 19.6 Å². The molecule has 3 heterocycles. The van der Waals surface area contributed by atoms with Crippen LogP contribution in [0.3, 0.4) is 0 Å². The lowest BCUT2D eigenvalue weighted by Gasteiger charge is -2.47. The second-order valence-corrected chi connectivity index (χ2v) is 12.4. The minimum atomic E-state index is -3.98. The number of ether oxygens (including phenoxy) is 1. The van der Waals surface area contributed by atoms with Crippen LogP contribution < -0.4 is 10.0 Å². The summed E-state index contributed by atoms with van der Waals surface area (Å²) in [6.45, 7) is 7.97. The predicted molar refractivity (Wildman–Crippen MR) is 124 cm³/mol. The molecule has 0 aliphatic carbocycles. The number of carbonyl (C=O) groups is 4. The van der Waals surface area contributed by atoms with Gasteiger partial charge >= 0.3 is 6.09 Å². The molecule has 0 radical (unpaired) electrons.